The molecule has 3 aromatic rings. The molecule has 326 valence electrons. The molecule has 2 spiro atoms. The largest absolute Gasteiger partial charge is 0.481 e. The van der Waals surface area contributed by atoms with Gasteiger partial charge in [-0.2, -0.15) is 0 Å². The van der Waals surface area contributed by atoms with Crippen LogP contribution >= 0.6 is 23.2 Å². The number of hydrogen-bond acceptors (Lipinski definition) is 6. The SMILES string of the molecule is CCN1C(C(=O)NC23CCC(C(=O)O)(CC2)CC3)C(c2cccc(Cl)c2F)C2(C(=O)Nc3cc(Cl)ccc32)C12CCCCC2.NC1CCC(NC2CC2c2ccccc2)CC1. The summed E-state index contributed by atoms with van der Waals surface area (Å²) in [6, 6.07) is 22.2. The lowest BCUT2D eigenvalue weighted by Gasteiger charge is -2.52. The first kappa shape index (κ1) is 42.7. The van der Waals surface area contributed by atoms with Crippen molar-refractivity contribution in [3.8, 4) is 0 Å². The first-order valence-electron chi connectivity index (χ1n) is 22.8. The fourth-order valence-corrected chi connectivity index (χ4v) is 13.5. The van der Waals surface area contributed by atoms with E-state index in [0.717, 1.165) is 36.8 Å². The van der Waals surface area contributed by atoms with Crippen molar-refractivity contribution in [2.45, 2.75) is 162 Å². The third-order valence-electron chi connectivity index (χ3n) is 16.3. The Morgan fingerprint density at radius 1 is 0.902 bits per heavy atom. The van der Waals surface area contributed by atoms with Gasteiger partial charge in [-0.05, 0) is 125 Å². The van der Waals surface area contributed by atoms with Crippen LogP contribution in [0.4, 0.5) is 10.1 Å². The lowest BCUT2D eigenvalue weighted by Crippen LogP contribution is -2.63. The highest BCUT2D eigenvalue weighted by atomic mass is 35.5. The highest BCUT2D eigenvalue weighted by molar-refractivity contribution is 6.31. The number of anilines is 1. The number of carboxylic acid groups (broad SMARTS) is 1. The number of likely N-dealkylation sites (tertiary alicyclic amines) is 1. The number of halogens is 3. The zero-order chi connectivity index (χ0) is 42.7. The lowest BCUT2D eigenvalue weighted by atomic mass is 9.55. The average molecular weight is 873 g/mol. The fourth-order valence-electron chi connectivity index (χ4n) is 13.1. The summed E-state index contributed by atoms with van der Waals surface area (Å²) >= 11 is 12.8. The number of hydrogen-bond donors (Lipinski definition) is 5. The predicted molar refractivity (Wildman–Crippen MR) is 237 cm³/mol. The van der Waals surface area contributed by atoms with E-state index in [0.29, 0.717) is 80.7 Å². The number of carboxylic acids is 1. The molecule has 12 heteroatoms. The van der Waals surface area contributed by atoms with Crippen molar-refractivity contribution < 1.29 is 23.9 Å². The molecule has 9 nitrogen and oxygen atoms in total. The van der Waals surface area contributed by atoms with Crippen LogP contribution in [-0.4, -0.2) is 69.6 Å². The van der Waals surface area contributed by atoms with Crippen LogP contribution in [0, 0.1) is 11.2 Å². The van der Waals surface area contributed by atoms with Crippen LogP contribution in [0.15, 0.2) is 66.7 Å². The number of nitrogens with one attached hydrogen (secondary N) is 3. The summed E-state index contributed by atoms with van der Waals surface area (Å²) in [7, 11) is 0. The topological polar surface area (TPSA) is 137 Å². The van der Waals surface area contributed by atoms with Gasteiger partial charge in [-0.1, -0.05) is 97.9 Å². The van der Waals surface area contributed by atoms with Gasteiger partial charge >= 0.3 is 5.97 Å². The molecule has 2 bridgehead atoms. The number of nitrogens with zero attached hydrogens (tertiary/aromatic N) is 1. The van der Waals surface area contributed by atoms with Gasteiger partial charge in [0.1, 0.15) is 11.2 Å². The molecule has 6 saturated carbocycles. The molecule has 6 aliphatic carbocycles. The second kappa shape index (κ2) is 16.5. The third-order valence-corrected chi connectivity index (χ3v) is 16.9. The van der Waals surface area contributed by atoms with Gasteiger partial charge in [0.15, 0.2) is 0 Å². The van der Waals surface area contributed by atoms with Crippen LogP contribution in [0.1, 0.15) is 138 Å². The number of carbonyl (C=O) groups is 3. The van der Waals surface area contributed by atoms with Crippen molar-refractivity contribution in [3.63, 3.8) is 0 Å². The highest BCUT2D eigenvalue weighted by Gasteiger charge is 2.75. The minimum atomic E-state index is -1.27. The number of likely N-dealkylation sites (N-methyl/N-ethyl adjacent to an activating group) is 1. The molecule has 6 N–H and O–H groups in total. The Bertz CT molecular complexity index is 2130. The second-order valence-electron chi connectivity index (χ2n) is 19.4. The van der Waals surface area contributed by atoms with E-state index >= 15 is 4.39 Å². The van der Waals surface area contributed by atoms with Crippen molar-refractivity contribution >= 4 is 46.7 Å². The molecule has 1 saturated heterocycles. The van der Waals surface area contributed by atoms with E-state index in [9.17, 15) is 19.5 Å². The van der Waals surface area contributed by atoms with Gasteiger partial charge in [-0.25, -0.2) is 4.39 Å². The van der Waals surface area contributed by atoms with Crippen molar-refractivity contribution in [3.05, 3.63) is 99.3 Å². The summed E-state index contributed by atoms with van der Waals surface area (Å²) < 4.78 is 16.3. The van der Waals surface area contributed by atoms with Crippen molar-refractivity contribution in [1.29, 1.82) is 0 Å². The van der Waals surface area contributed by atoms with Gasteiger partial charge in [-0.15, -0.1) is 0 Å². The van der Waals surface area contributed by atoms with E-state index in [2.05, 4.69) is 51.2 Å². The number of aliphatic carboxylic acids is 1. The zero-order valence-electron chi connectivity index (χ0n) is 35.2. The Morgan fingerprint density at radius 2 is 1.59 bits per heavy atom. The van der Waals surface area contributed by atoms with Crippen LogP contribution in [0.25, 0.3) is 0 Å². The molecule has 2 amide bonds. The van der Waals surface area contributed by atoms with E-state index < -0.39 is 45.7 Å². The van der Waals surface area contributed by atoms with E-state index in [1.807, 2.05) is 13.0 Å². The smallest absolute Gasteiger partial charge is 0.309 e. The van der Waals surface area contributed by atoms with Gasteiger partial charge in [0, 0.05) is 51.7 Å². The normalized spacial score (nSPS) is 34.7. The molecule has 61 heavy (non-hydrogen) atoms. The summed E-state index contributed by atoms with van der Waals surface area (Å²) in [5.41, 5.74) is 5.76. The Balaban J connectivity index is 0.000000233. The van der Waals surface area contributed by atoms with Crippen LogP contribution in [-0.2, 0) is 19.8 Å². The Labute approximate surface area is 369 Å². The standard InChI is InChI=1S/C34H38Cl2FN3O4.C15H22N2/c1-2-40-27(28(41)39-32-16-13-31(14-17-32,15-18-32)30(43)44)25(21-7-6-8-23(36)26(21)37)34(33(40)11-4-3-5-12-33)22-10-9-20(35)19-24(22)38-29(34)42;16-12-6-8-13(9-7-12)17-15-10-14(15)11-4-2-1-3-5-11/h6-10,19,25,27H,2-5,11-18H2,1H3,(H,38,42)(H,39,41)(H,43,44);1-5,12-15,17H,6-10,16H2. The van der Waals surface area contributed by atoms with Gasteiger partial charge < -0.3 is 26.8 Å². The van der Waals surface area contributed by atoms with E-state index in [4.69, 9.17) is 28.9 Å². The average Bonchev–Trinajstić information content (AvgIpc) is 3.91. The zero-order valence-corrected chi connectivity index (χ0v) is 36.7. The maximum Gasteiger partial charge on any atom is 0.309 e. The van der Waals surface area contributed by atoms with Gasteiger partial charge in [-0.3, -0.25) is 19.3 Å². The fraction of sp³-hybridized carbons (Fsp3) is 0.571. The van der Waals surface area contributed by atoms with E-state index in [-0.39, 0.29) is 22.4 Å². The molecule has 11 rings (SSSR count). The van der Waals surface area contributed by atoms with E-state index in [1.165, 1.54) is 43.7 Å². The summed E-state index contributed by atoms with van der Waals surface area (Å²) in [5, 5.41) is 20.7. The minimum Gasteiger partial charge on any atom is -0.481 e. The molecular weight excluding hydrogens is 812 g/mol. The van der Waals surface area contributed by atoms with Crippen LogP contribution < -0.4 is 21.7 Å². The first-order valence-corrected chi connectivity index (χ1v) is 23.6. The molecule has 8 aliphatic rings. The maximum atomic E-state index is 16.3. The van der Waals surface area contributed by atoms with Crippen molar-refractivity contribution in [2.24, 2.45) is 11.1 Å². The second-order valence-corrected chi connectivity index (χ2v) is 20.2. The van der Waals surface area contributed by atoms with E-state index in [1.54, 1.807) is 24.3 Å². The molecule has 5 unspecified atom stereocenters. The number of rotatable bonds is 8. The molecule has 0 radical (unpaired) electrons. The molecule has 0 aromatic heterocycles. The monoisotopic (exact) mass is 871 g/mol. The van der Waals surface area contributed by atoms with Crippen LogP contribution in [0.2, 0.25) is 10.0 Å². The summed E-state index contributed by atoms with van der Waals surface area (Å²) in [4.78, 5) is 43.9. The van der Waals surface area contributed by atoms with Gasteiger partial charge in [0.25, 0.3) is 0 Å². The number of benzene rings is 3. The number of fused-ring (bicyclic) bond motifs is 6. The Hall–Kier alpha value is -3.54. The van der Waals surface area contributed by atoms with Gasteiger partial charge in [0.2, 0.25) is 11.8 Å². The predicted octanol–water partition coefficient (Wildman–Crippen LogP) is 9.21. The first-order chi connectivity index (χ1) is 29.4. The molecule has 2 heterocycles. The highest BCUT2D eigenvalue weighted by Crippen LogP contribution is 2.66. The quantitative estimate of drug-likeness (QED) is 0.152. The van der Waals surface area contributed by atoms with Crippen molar-refractivity contribution in [1.82, 2.24) is 15.5 Å². The summed E-state index contributed by atoms with van der Waals surface area (Å²) in [6.45, 7) is 2.50. The number of nitrogens with two attached hydrogens (primary N) is 1. The maximum absolute atomic E-state index is 16.3. The van der Waals surface area contributed by atoms with Gasteiger partial charge in [0.05, 0.1) is 16.5 Å². The number of amides is 2. The molecule has 3 aromatic carbocycles. The Kier molecular flexibility index (Phi) is 11.6. The van der Waals surface area contributed by atoms with Crippen LogP contribution in [0.3, 0.4) is 0 Å². The van der Waals surface area contributed by atoms with Crippen molar-refractivity contribution in [2.75, 3.05) is 11.9 Å². The summed E-state index contributed by atoms with van der Waals surface area (Å²) in [5.74, 6) is -1.97. The Morgan fingerprint density at radius 3 is 2.25 bits per heavy atom. The molecule has 2 aliphatic heterocycles. The minimum absolute atomic E-state index is 0.0534. The van der Waals surface area contributed by atoms with Crippen LogP contribution in [0.5, 0.6) is 0 Å². The molecule has 7 fully saturated rings. The molecular formula is C49H60Cl2FN5O4. The lowest BCUT2D eigenvalue weighted by molar-refractivity contribution is -0.157. The third kappa shape index (κ3) is 7.20. The summed E-state index contributed by atoms with van der Waals surface area (Å²) in [6.07, 6.45) is 13.7. The number of carbonyl (C=O) groups excluding carboxylic acids is 2. The molecule has 5 atom stereocenters.